The molecule has 0 aliphatic carbocycles. The van der Waals surface area contributed by atoms with Gasteiger partial charge < -0.3 is 15.8 Å². The molecular formula is C13H19FN2O2. The molecule has 0 spiro atoms. The Morgan fingerprint density at radius 1 is 1.56 bits per heavy atom. The second kappa shape index (κ2) is 6.96. The monoisotopic (exact) mass is 254 g/mol. The molecule has 18 heavy (non-hydrogen) atoms. The van der Waals surface area contributed by atoms with E-state index in [-0.39, 0.29) is 24.4 Å². The van der Waals surface area contributed by atoms with E-state index in [1.807, 2.05) is 13.8 Å². The van der Waals surface area contributed by atoms with Crippen LogP contribution in [0.4, 0.5) is 4.39 Å². The van der Waals surface area contributed by atoms with Crippen molar-refractivity contribution in [2.45, 2.75) is 26.3 Å². The smallest absolute Gasteiger partial charge is 0.257 e. The number of nitrogens with two attached hydrogens (primary N) is 1. The van der Waals surface area contributed by atoms with Crippen LogP contribution in [0.3, 0.4) is 0 Å². The number of halogens is 1. The maximum absolute atomic E-state index is 13.1. The van der Waals surface area contributed by atoms with Gasteiger partial charge in [-0.05, 0) is 44.0 Å². The number of nitrogens with one attached hydrogen (secondary N) is 1. The topological polar surface area (TPSA) is 64.3 Å². The first kappa shape index (κ1) is 14.4. The fraction of sp³-hybridized carbons (Fsp3) is 0.462. The molecule has 1 aromatic rings. The molecule has 0 aromatic heterocycles. The van der Waals surface area contributed by atoms with Gasteiger partial charge in [-0.2, -0.15) is 0 Å². The van der Waals surface area contributed by atoms with Crippen LogP contribution in [0.5, 0.6) is 5.75 Å². The lowest BCUT2D eigenvalue weighted by Gasteiger charge is -2.13. The lowest BCUT2D eigenvalue weighted by atomic mass is 10.1. The molecule has 0 aliphatic rings. The molecule has 0 fully saturated rings. The summed E-state index contributed by atoms with van der Waals surface area (Å²) in [6.07, 6.45) is 0.502. The van der Waals surface area contributed by atoms with Crippen molar-refractivity contribution in [3.05, 3.63) is 29.6 Å². The Bertz CT molecular complexity index is 408. The van der Waals surface area contributed by atoms with Crippen molar-refractivity contribution >= 4 is 5.91 Å². The van der Waals surface area contributed by atoms with Crippen molar-refractivity contribution in [1.82, 2.24) is 5.32 Å². The predicted molar refractivity (Wildman–Crippen MR) is 67.9 cm³/mol. The summed E-state index contributed by atoms with van der Waals surface area (Å²) < 4.78 is 18.5. The minimum Gasteiger partial charge on any atom is -0.483 e. The highest BCUT2D eigenvalue weighted by Crippen LogP contribution is 2.21. The van der Waals surface area contributed by atoms with Crippen LogP contribution in [-0.2, 0) is 11.2 Å². The average Bonchev–Trinajstić information content (AvgIpc) is 2.27. The average molecular weight is 254 g/mol. The molecule has 0 saturated heterocycles. The van der Waals surface area contributed by atoms with E-state index in [1.54, 1.807) is 0 Å². The summed E-state index contributed by atoms with van der Waals surface area (Å²) in [6, 6.07) is 4.11. The molecule has 1 rings (SSSR count). The molecule has 0 radical (unpaired) electrons. The molecule has 0 heterocycles. The van der Waals surface area contributed by atoms with Crippen molar-refractivity contribution in [3.8, 4) is 5.75 Å². The van der Waals surface area contributed by atoms with E-state index >= 15 is 0 Å². The molecule has 4 nitrogen and oxygen atoms in total. The molecule has 0 saturated carbocycles. The van der Waals surface area contributed by atoms with Gasteiger partial charge in [0.1, 0.15) is 11.6 Å². The molecule has 100 valence electrons. The summed E-state index contributed by atoms with van der Waals surface area (Å²) in [5.74, 6) is -0.0375. The summed E-state index contributed by atoms with van der Waals surface area (Å²) in [6.45, 7) is 4.14. The SMILES string of the molecule is CCNC(=O)COc1ccc(F)cc1CC(C)N. The van der Waals surface area contributed by atoms with Crippen LogP contribution >= 0.6 is 0 Å². The third-order valence-electron chi connectivity index (χ3n) is 2.30. The van der Waals surface area contributed by atoms with Crippen LogP contribution in [0.15, 0.2) is 18.2 Å². The second-order valence-electron chi connectivity index (χ2n) is 4.18. The summed E-state index contributed by atoms with van der Waals surface area (Å²) in [5, 5.41) is 2.62. The fourth-order valence-corrected chi connectivity index (χ4v) is 1.59. The quantitative estimate of drug-likeness (QED) is 0.802. The van der Waals surface area contributed by atoms with Crippen LogP contribution in [-0.4, -0.2) is 25.1 Å². The Hall–Kier alpha value is -1.62. The highest BCUT2D eigenvalue weighted by Gasteiger charge is 2.09. The largest absolute Gasteiger partial charge is 0.483 e. The van der Waals surface area contributed by atoms with Gasteiger partial charge in [0.25, 0.3) is 5.91 Å². The van der Waals surface area contributed by atoms with Crippen molar-refractivity contribution in [2.24, 2.45) is 5.73 Å². The van der Waals surface area contributed by atoms with Crippen LogP contribution in [0, 0.1) is 5.82 Å². The Balaban J connectivity index is 2.71. The van der Waals surface area contributed by atoms with Gasteiger partial charge in [0.2, 0.25) is 0 Å². The number of benzene rings is 1. The highest BCUT2D eigenvalue weighted by atomic mass is 19.1. The zero-order valence-electron chi connectivity index (χ0n) is 10.7. The van der Waals surface area contributed by atoms with Crippen LogP contribution < -0.4 is 15.8 Å². The molecule has 1 unspecified atom stereocenters. The van der Waals surface area contributed by atoms with Crippen molar-refractivity contribution < 1.29 is 13.9 Å². The number of carbonyl (C=O) groups excluding carboxylic acids is 1. The Morgan fingerprint density at radius 2 is 2.28 bits per heavy atom. The molecule has 0 bridgehead atoms. The van der Waals surface area contributed by atoms with Crippen LogP contribution in [0.2, 0.25) is 0 Å². The number of ether oxygens (including phenoxy) is 1. The number of likely N-dealkylation sites (N-methyl/N-ethyl adjacent to an activating group) is 1. The van der Waals surface area contributed by atoms with Crippen LogP contribution in [0.1, 0.15) is 19.4 Å². The van der Waals surface area contributed by atoms with E-state index in [2.05, 4.69) is 5.32 Å². The van der Waals surface area contributed by atoms with Crippen molar-refractivity contribution in [2.75, 3.05) is 13.2 Å². The Morgan fingerprint density at radius 3 is 2.89 bits per heavy atom. The van der Waals surface area contributed by atoms with Gasteiger partial charge in [0, 0.05) is 12.6 Å². The maximum atomic E-state index is 13.1. The lowest BCUT2D eigenvalue weighted by Crippen LogP contribution is -2.28. The van der Waals surface area contributed by atoms with Gasteiger partial charge in [0.15, 0.2) is 6.61 Å². The Labute approximate surface area is 106 Å². The fourth-order valence-electron chi connectivity index (χ4n) is 1.59. The molecule has 1 aromatic carbocycles. The lowest BCUT2D eigenvalue weighted by molar-refractivity contribution is -0.122. The van der Waals surface area contributed by atoms with E-state index in [4.69, 9.17) is 10.5 Å². The summed E-state index contributed by atoms with van der Waals surface area (Å²) >= 11 is 0. The number of amides is 1. The zero-order valence-corrected chi connectivity index (χ0v) is 10.7. The molecule has 3 N–H and O–H groups in total. The predicted octanol–water partition coefficient (Wildman–Crippen LogP) is 1.23. The highest BCUT2D eigenvalue weighted by molar-refractivity contribution is 5.77. The summed E-state index contributed by atoms with van der Waals surface area (Å²) in [5.41, 5.74) is 6.37. The van der Waals surface area contributed by atoms with Gasteiger partial charge in [-0.25, -0.2) is 4.39 Å². The van der Waals surface area contributed by atoms with E-state index in [1.165, 1.54) is 18.2 Å². The molecule has 5 heteroatoms. The number of hydrogen-bond acceptors (Lipinski definition) is 3. The maximum Gasteiger partial charge on any atom is 0.257 e. The molecule has 1 atom stereocenters. The van der Waals surface area contributed by atoms with Crippen molar-refractivity contribution in [3.63, 3.8) is 0 Å². The third-order valence-corrected chi connectivity index (χ3v) is 2.30. The van der Waals surface area contributed by atoms with E-state index in [9.17, 15) is 9.18 Å². The van der Waals surface area contributed by atoms with Gasteiger partial charge in [-0.3, -0.25) is 4.79 Å². The molecule has 1 amide bonds. The zero-order chi connectivity index (χ0) is 13.5. The number of rotatable bonds is 6. The summed E-state index contributed by atoms with van der Waals surface area (Å²) in [4.78, 5) is 11.3. The molecular weight excluding hydrogens is 235 g/mol. The number of carbonyl (C=O) groups is 1. The molecule has 0 aliphatic heterocycles. The van der Waals surface area contributed by atoms with E-state index in [0.717, 1.165) is 0 Å². The first-order valence-electron chi connectivity index (χ1n) is 5.96. The van der Waals surface area contributed by atoms with Gasteiger partial charge in [-0.15, -0.1) is 0 Å². The van der Waals surface area contributed by atoms with Gasteiger partial charge >= 0.3 is 0 Å². The minimum absolute atomic E-state index is 0.0780. The first-order chi connectivity index (χ1) is 8.52. The number of hydrogen-bond donors (Lipinski definition) is 2. The summed E-state index contributed by atoms with van der Waals surface area (Å²) in [7, 11) is 0. The van der Waals surface area contributed by atoms with Crippen LogP contribution in [0.25, 0.3) is 0 Å². The normalized spacial score (nSPS) is 12.0. The first-order valence-corrected chi connectivity index (χ1v) is 5.96. The standard InChI is InChI=1S/C13H19FN2O2/c1-3-16-13(17)8-18-12-5-4-11(14)7-10(12)6-9(2)15/h4-5,7,9H,3,6,8,15H2,1-2H3,(H,16,17). The van der Waals surface area contributed by atoms with Gasteiger partial charge in [0.05, 0.1) is 0 Å². The van der Waals surface area contributed by atoms with E-state index < -0.39 is 0 Å². The second-order valence-corrected chi connectivity index (χ2v) is 4.18. The van der Waals surface area contributed by atoms with Gasteiger partial charge in [-0.1, -0.05) is 0 Å². The van der Waals surface area contributed by atoms with Crippen molar-refractivity contribution in [1.29, 1.82) is 0 Å². The minimum atomic E-state index is -0.337. The Kier molecular flexibility index (Phi) is 5.58. The van der Waals surface area contributed by atoms with E-state index in [0.29, 0.717) is 24.3 Å². The third kappa shape index (κ3) is 4.71.